The minimum absolute atomic E-state index is 0.327. The average molecular weight is 510 g/mol. The molecule has 174 valence electrons. The topological polar surface area (TPSA) is 142 Å². The summed E-state index contributed by atoms with van der Waals surface area (Å²) < 4.78 is 93.0. The van der Waals surface area contributed by atoms with Crippen LogP contribution in [0.15, 0.2) is 12.1 Å². The first-order valence-electron chi connectivity index (χ1n) is 8.01. The fraction of sp³-hybridized carbons (Fsp3) is 0.571. The molecule has 16 heteroatoms. The Bertz CT molecular complexity index is 767. The van der Waals surface area contributed by atoms with Gasteiger partial charge in [0.15, 0.2) is 0 Å². The molecule has 1 aromatic rings. The summed E-state index contributed by atoms with van der Waals surface area (Å²) in [6.07, 6.45) is 0. The van der Waals surface area contributed by atoms with Crippen LogP contribution in [0.3, 0.4) is 0 Å². The van der Waals surface area contributed by atoms with Crippen LogP contribution in [0, 0.1) is 0 Å². The van der Waals surface area contributed by atoms with Gasteiger partial charge in [-0.15, -0.1) is 0 Å². The molecule has 0 heterocycles. The SMILES string of the molecule is COP(=O)(OC)c1cc(P(=O)(OC)OC)c(P(=O)(OC)OC)cc1P(=O)(OC)OC. The molecule has 0 unspecified atom stereocenters. The van der Waals surface area contributed by atoms with E-state index in [0.717, 1.165) is 69.0 Å². The molecule has 0 N–H and O–H groups in total. The van der Waals surface area contributed by atoms with E-state index in [9.17, 15) is 18.3 Å². The van der Waals surface area contributed by atoms with Crippen LogP contribution in [-0.4, -0.2) is 56.9 Å². The summed E-state index contributed by atoms with van der Waals surface area (Å²) in [6, 6.07) is 2.03. The third-order valence-electron chi connectivity index (χ3n) is 4.17. The summed E-state index contributed by atoms with van der Waals surface area (Å²) in [4.78, 5) is 0. The molecule has 30 heavy (non-hydrogen) atoms. The fourth-order valence-electron chi connectivity index (χ4n) is 2.52. The molecule has 0 aromatic heterocycles. The standard InChI is InChI=1S/C14H26O12P4/c1-19-27(15,20-2)11-9-13(29(17,23-5)24-6)14(30(18,25-7)26-8)10-12(11)28(16,21-3)22-4/h9-10H,1-8H3. The zero-order valence-electron chi connectivity index (χ0n) is 17.8. The van der Waals surface area contributed by atoms with Gasteiger partial charge in [-0.05, 0) is 12.1 Å². The van der Waals surface area contributed by atoms with Crippen molar-refractivity contribution in [1.82, 2.24) is 0 Å². The highest BCUT2D eigenvalue weighted by atomic mass is 31.2. The van der Waals surface area contributed by atoms with E-state index in [1.165, 1.54) is 0 Å². The van der Waals surface area contributed by atoms with Crippen molar-refractivity contribution in [1.29, 1.82) is 0 Å². The molecule has 0 fully saturated rings. The Kier molecular flexibility index (Phi) is 9.86. The normalized spacial score (nSPS) is 13.6. The largest absolute Gasteiger partial charge is 0.361 e. The van der Waals surface area contributed by atoms with E-state index in [0.29, 0.717) is 0 Å². The van der Waals surface area contributed by atoms with E-state index in [-0.39, 0.29) is 21.2 Å². The van der Waals surface area contributed by atoms with Gasteiger partial charge in [0.25, 0.3) is 0 Å². The third kappa shape index (κ3) is 4.91. The first-order chi connectivity index (χ1) is 13.9. The van der Waals surface area contributed by atoms with Crippen LogP contribution in [0.25, 0.3) is 0 Å². The van der Waals surface area contributed by atoms with E-state index in [1.54, 1.807) is 0 Å². The number of hydrogen-bond donors (Lipinski definition) is 0. The van der Waals surface area contributed by atoms with Crippen molar-refractivity contribution in [3.8, 4) is 0 Å². The zero-order valence-corrected chi connectivity index (χ0v) is 21.4. The van der Waals surface area contributed by atoms with E-state index in [4.69, 9.17) is 36.2 Å². The molecule has 0 aliphatic heterocycles. The van der Waals surface area contributed by atoms with Crippen molar-refractivity contribution in [2.24, 2.45) is 0 Å². The van der Waals surface area contributed by atoms with Crippen molar-refractivity contribution in [3.05, 3.63) is 12.1 Å². The monoisotopic (exact) mass is 510 g/mol. The summed E-state index contributed by atoms with van der Waals surface area (Å²) >= 11 is 0. The van der Waals surface area contributed by atoms with Crippen LogP contribution >= 0.6 is 30.4 Å². The first-order valence-corrected chi connectivity index (χ1v) is 14.2. The molecule has 1 aromatic carbocycles. The van der Waals surface area contributed by atoms with Crippen LogP contribution in [-0.2, 0) is 54.5 Å². The van der Waals surface area contributed by atoms with Crippen LogP contribution in [0.1, 0.15) is 0 Å². The average Bonchev–Trinajstić information content (AvgIpc) is 2.80. The minimum Gasteiger partial charge on any atom is -0.309 e. The Morgan fingerprint density at radius 1 is 0.400 bits per heavy atom. The summed E-state index contributed by atoms with van der Waals surface area (Å²) in [5, 5.41) is -1.31. The molecule has 0 bridgehead atoms. The molecule has 0 saturated carbocycles. The van der Waals surface area contributed by atoms with Gasteiger partial charge >= 0.3 is 30.4 Å². The molecule has 12 nitrogen and oxygen atoms in total. The van der Waals surface area contributed by atoms with Gasteiger partial charge < -0.3 is 36.2 Å². The van der Waals surface area contributed by atoms with Crippen LogP contribution < -0.4 is 21.2 Å². The maximum atomic E-state index is 13.2. The van der Waals surface area contributed by atoms with Gasteiger partial charge in [0, 0.05) is 56.9 Å². The lowest BCUT2D eigenvalue weighted by molar-refractivity contribution is 0.281. The zero-order chi connectivity index (χ0) is 23.4. The maximum Gasteiger partial charge on any atom is 0.361 e. The molecule has 0 radical (unpaired) electrons. The van der Waals surface area contributed by atoms with E-state index < -0.39 is 30.4 Å². The van der Waals surface area contributed by atoms with Crippen molar-refractivity contribution in [2.75, 3.05) is 56.9 Å². The predicted octanol–water partition coefficient (Wildman–Crippen LogP) is 2.13. The molecular formula is C14H26O12P4. The number of benzene rings is 1. The van der Waals surface area contributed by atoms with Gasteiger partial charge in [0.1, 0.15) is 0 Å². The van der Waals surface area contributed by atoms with Crippen molar-refractivity contribution < 1.29 is 54.5 Å². The smallest absolute Gasteiger partial charge is 0.309 e. The molecule has 0 atom stereocenters. The van der Waals surface area contributed by atoms with Crippen molar-refractivity contribution in [2.45, 2.75) is 0 Å². The summed E-state index contributed by atoms with van der Waals surface area (Å²) in [5.74, 6) is 0. The lowest BCUT2D eigenvalue weighted by Gasteiger charge is -2.27. The van der Waals surface area contributed by atoms with Crippen LogP contribution in [0.2, 0.25) is 0 Å². The van der Waals surface area contributed by atoms with Crippen molar-refractivity contribution in [3.63, 3.8) is 0 Å². The quantitative estimate of drug-likeness (QED) is 0.380. The van der Waals surface area contributed by atoms with Gasteiger partial charge in [-0.3, -0.25) is 18.3 Å². The molecule has 1 rings (SSSR count). The summed E-state index contributed by atoms with van der Waals surface area (Å²) in [6.45, 7) is 0. The first kappa shape index (κ1) is 27.9. The Balaban J connectivity index is 4.34. The van der Waals surface area contributed by atoms with Crippen LogP contribution in [0.5, 0.6) is 0 Å². The Hall–Kier alpha value is -0.180. The maximum absolute atomic E-state index is 13.2. The molecular weight excluding hydrogens is 484 g/mol. The highest BCUT2D eigenvalue weighted by molar-refractivity contribution is 7.71. The van der Waals surface area contributed by atoms with E-state index >= 15 is 0 Å². The Morgan fingerprint density at radius 3 is 0.633 bits per heavy atom. The molecule has 0 saturated heterocycles. The minimum atomic E-state index is -4.14. The number of rotatable bonds is 12. The number of hydrogen-bond acceptors (Lipinski definition) is 12. The second-order valence-electron chi connectivity index (χ2n) is 5.28. The Morgan fingerprint density at radius 2 is 0.533 bits per heavy atom. The van der Waals surface area contributed by atoms with Crippen molar-refractivity contribution >= 4 is 51.6 Å². The molecule has 0 amide bonds. The van der Waals surface area contributed by atoms with Gasteiger partial charge in [-0.1, -0.05) is 0 Å². The van der Waals surface area contributed by atoms with Gasteiger partial charge in [-0.25, -0.2) is 0 Å². The summed E-state index contributed by atoms with van der Waals surface area (Å²) in [7, 11) is -7.82. The lowest BCUT2D eigenvalue weighted by atomic mass is 10.3. The van der Waals surface area contributed by atoms with Crippen LogP contribution in [0.4, 0.5) is 0 Å². The van der Waals surface area contributed by atoms with Gasteiger partial charge in [0.05, 0.1) is 21.2 Å². The van der Waals surface area contributed by atoms with Gasteiger partial charge in [-0.2, -0.15) is 0 Å². The molecule has 0 aliphatic carbocycles. The summed E-state index contributed by atoms with van der Waals surface area (Å²) in [5.41, 5.74) is 0. The highest BCUT2D eigenvalue weighted by Gasteiger charge is 2.44. The molecule has 0 aliphatic rings. The lowest BCUT2D eigenvalue weighted by Crippen LogP contribution is -2.39. The highest BCUT2D eigenvalue weighted by Crippen LogP contribution is 2.55. The second-order valence-corrected chi connectivity index (χ2v) is 14.1. The Labute approximate surface area is 175 Å². The third-order valence-corrected chi connectivity index (χ3v) is 12.2. The fourth-order valence-corrected chi connectivity index (χ4v) is 8.89. The van der Waals surface area contributed by atoms with E-state index in [2.05, 4.69) is 0 Å². The second kappa shape index (κ2) is 10.6. The predicted molar refractivity (Wildman–Crippen MR) is 111 cm³/mol. The van der Waals surface area contributed by atoms with E-state index in [1.807, 2.05) is 0 Å². The van der Waals surface area contributed by atoms with Gasteiger partial charge in [0.2, 0.25) is 0 Å². The molecule has 0 spiro atoms.